The number of morpholine rings is 1. The molecule has 1 fully saturated rings. The predicted molar refractivity (Wildman–Crippen MR) is 57.8 cm³/mol. The van der Waals surface area contributed by atoms with E-state index in [9.17, 15) is 4.79 Å². The van der Waals surface area contributed by atoms with E-state index in [4.69, 9.17) is 10.5 Å². The molecule has 4 heteroatoms. The highest BCUT2D eigenvalue weighted by Gasteiger charge is 2.24. The Balaban J connectivity index is 2.16. The van der Waals surface area contributed by atoms with Crippen LogP contribution in [-0.4, -0.2) is 31.6 Å². The fourth-order valence-corrected chi connectivity index (χ4v) is 1.63. The molecule has 0 bridgehead atoms. The fourth-order valence-electron chi connectivity index (χ4n) is 1.63. The molecule has 0 aromatic heterocycles. The van der Waals surface area contributed by atoms with Gasteiger partial charge in [0.2, 0.25) is 0 Å². The number of carbonyl (C=O) groups excluding carboxylic acids is 1. The van der Waals surface area contributed by atoms with E-state index in [0.29, 0.717) is 24.4 Å². The van der Waals surface area contributed by atoms with Crippen LogP contribution in [0.1, 0.15) is 10.4 Å². The second-order valence-corrected chi connectivity index (χ2v) is 3.52. The minimum absolute atomic E-state index is 0.0414. The minimum atomic E-state index is -0.400. The van der Waals surface area contributed by atoms with Crippen LogP contribution in [0, 0.1) is 0 Å². The van der Waals surface area contributed by atoms with Gasteiger partial charge in [-0.25, -0.2) is 0 Å². The molecule has 2 rings (SSSR count). The normalized spacial score (nSPS) is 21.2. The van der Waals surface area contributed by atoms with Gasteiger partial charge >= 0.3 is 0 Å². The summed E-state index contributed by atoms with van der Waals surface area (Å²) in [6, 6.07) is 7.07. The number of rotatable bonds is 2. The van der Waals surface area contributed by atoms with Crippen molar-refractivity contribution in [3.63, 3.8) is 0 Å². The van der Waals surface area contributed by atoms with Crippen LogP contribution in [0.5, 0.6) is 0 Å². The van der Waals surface area contributed by atoms with Gasteiger partial charge in [0, 0.05) is 24.3 Å². The smallest absolute Gasteiger partial charge is 0.194 e. The molecule has 1 unspecified atom stereocenters. The number of nitrogens with one attached hydrogen (secondary N) is 1. The summed E-state index contributed by atoms with van der Waals surface area (Å²) in [7, 11) is 0. The first-order valence-electron chi connectivity index (χ1n) is 5.00. The average molecular weight is 206 g/mol. The molecule has 4 nitrogen and oxygen atoms in total. The molecular formula is C11H14N2O2. The molecule has 0 amide bonds. The van der Waals surface area contributed by atoms with Crippen LogP contribution < -0.4 is 11.1 Å². The monoisotopic (exact) mass is 206 g/mol. The molecule has 1 aliphatic heterocycles. The Hall–Kier alpha value is -1.39. The van der Waals surface area contributed by atoms with Gasteiger partial charge in [0.05, 0.1) is 6.61 Å². The SMILES string of the molecule is Nc1ccccc1C(=O)C1CNCCO1. The van der Waals surface area contributed by atoms with Crippen molar-refractivity contribution >= 4 is 11.5 Å². The lowest BCUT2D eigenvalue weighted by atomic mass is 10.0. The Labute approximate surface area is 88.4 Å². The molecule has 3 N–H and O–H groups in total. The number of nitrogen functional groups attached to an aromatic ring is 1. The molecule has 80 valence electrons. The summed E-state index contributed by atoms with van der Waals surface area (Å²) in [6.45, 7) is 1.93. The topological polar surface area (TPSA) is 64.4 Å². The summed E-state index contributed by atoms with van der Waals surface area (Å²) >= 11 is 0. The molecule has 0 spiro atoms. The lowest BCUT2D eigenvalue weighted by Crippen LogP contribution is -2.43. The van der Waals surface area contributed by atoms with E-state index in [1.54, 1.807) is 18.2 Å². The number of ketones is 1. The van der Waals surface area contributed by atoms with Crippen LogP contribution in [0.2, 0.25) is 0 Å². The van der Waals surface area contributed by atoms with Crippen LogP contribution in [0.3, 0.4) is 0 Å². The third-order valence-electron chi connectivity index (χ3n) is 2.45. The summed E-state index contributed by atoms with van der Waals surface area (Å²) in [5.41, 5.74) is 6.79. The zero-order chi connectivity index (χ0) is 10.7. The number of benzene rings is 1. The Morgan fingerprint density at radius 2 is 2.27 bits per heavy atom. The lowest BCUT2D eigenvalue weighted by molar-refractivity contribution is 0.0270. The molecule has 0 saturated carbocycles. The second-order valence-electron chi connectivity index (χ2n) is 3.52. The molecular weight excluding hydrogens is 192 g/mol. The van der Waals surface area contributed by atoms with Crippen molar-refractivity contribution in [1.29, 1.82) is 0 Å². The van der Waals surface area contributed by atoms with Crippen LogP contribution in [-0.2, 0) is 4.74 Å². The summed E-state index contributed by atoms with van der Waals surface area (Å²) < 4.78 is 5.38. The highest BCUT2D eigenvalue weighted by molar-refractivity contribution is 6.03. The zero-order valence-electron chi connectivity index (χ0n) is 8.40. The number of nitrogens with two attached hydrogens (primary N) is 1. The molecule has 1 aromatic rings. The third kappa shape index (κ3) is 2.16. The molecule has 1 heterocycles. The third-order valence-corrected chi connectivity index (χ3v) is 2.45. The molecule has 1 aliphatic rings. The minimum Gasteiger partial charge on any atom is -0.398 e. The van der Waals surface area contributed by atoms with Crippen LogP contribution in [0.15, 0.2) is 24.3 Å². The number of hydrogen-bond acceptors (Lipinski definition) is 4. The van der Waals surface area contributed by atoms with Crippen molar-refractivity contribution in [3.05, 3.63) is 29.8 Å². The van der Waals surface area contributed by atoms with Gasteiger partial charge in [0.1, 0.15) is 6.10 Å². The number of ether oxygens (including phenoxy) is 1. The van der Waals surface area contributed by atoms with Gasteiger partial charge < -0.3 is 15.8 Å². The molecule has 15 heavy (non-hydrogen) atoms. The van der Waals surface area contributed by atoms with E-state index in [1.807, 2.05) is 6.07 Å². The van der Waals surface area contributed by atoms with E-state index in [-0.39, 0.29) is 5.78 Å². The van der Waals surface area contributed by atoms with Crippen molar-refractivity contribution in [1.82, 2.24) is 5.32 Å². The van der Waals surface area contributed by atoms with Crippen molar-refractivity contribution in [2.24, 2.45) is 0 Å². The Morgan fingerprint density at radius 1 is 1.47 bits per heavy atom. The van der Waals surface area contributed by atoms with E-state index in [0.717, 1.165) is 6.54 Å². The van der Waals surface area contributed by atoms with Gasteiger partial charge in [0.25, 0.3) is 0 Å². The zero-order valence-corrected chi connectivity index (χ0v) is 8.40. The standard InChI is InChI=1S/C11H14N2O2/c12-9-4-2-1-3-8(9)11(14)10-7-13-5-6-15-10/h1-4,10,13H,5-7,12H2. The van der Waals surface area contributed by atoms with E-state index >= 15 is 0 Å². The molecule has 1 atom stereocenters. The van der Waals surface area contributed by atoms with E-state index in [2.05, 4.69) is 5.32 Å². The highest BCUT2D eigenvalue weighted by Crippen LogP contribution is 2.14. The first-order valence-corrected chi connectivity index (χ1v) is 5.00. The maximum Gasteiger partial charge on any atom is 0.194 e. The van der Waals surface area contributed by atoms with Gasteiger partial charge in [-0.2, -0.15) is 0 Å². The second kappa shape index (κ2) is 4.42. The maximum absolute atomic E-state index is 12.0. The maximum atomic E-state index is 12.0. The fraction of sp³-hybridized carbons (Fsp3) is 0.364. The summed E-state index contributed by atoms with van der Waals surface area (Å²) in [4.78, 5) is 12.0. The molecule has 1 saturated heterocycles. The number of hydrogen-bond donors (Lipinski definition) is 2. The highest BCUT2D eigenvalue weighted by atomic mass is 16.5. The van der Waals surface area contributed by atoms with Crippen LogP contribution in [0.25, 0.3) is 0 Å². The Bertz CT molecular complexity index is 359. The van der Waals surface area contributed by atoms with Crippen molar-refractivity contribution in [3.8, 4) is 0 Å². The largest absolute Gasteiger partial charge is 0.398 e. The van der Waals surface area contributed by atoms with E-state index < -0.39 is 6.10 Å². The number of Topliss-reactive ketones (excluding diaryl/α,β-unsaturated/α-hetero) is 1. The van der Waals surface area contributed by atoms with Crippen LogP contribution in [0.4, 0.5) is 5.69 Å². The quantitative estimate of drug-likeness (QED) is 0.544. The number of carbonyl (C=O) groups is 1. The van der Waals surface area contributed by atoms with Gasteiger partial charge in [-0.15, -0.1) is 0 Å². The molecule has 1 aromatic carbocycles. The predicted octanol–water partition coefficient (Wildman–Crippen LogP) is 0.440. The van der Waals surface area contributed by atoms with Crippen LogP contribution >= 0.6 is 0 Å². The summed E-state index contributed by atoms with van der Waals surface area (Å²) in [5.74, 6) is -0.0414. The van der Waals surface area contributed by atoms with Gasteiger partial charge in [-0.05, 0) is 12.1 Å². The van der Waals surface area contributed by atoms with Crippen molar-refractivity contribution in [2.75, 3.05) is 25.4 Å². The number of para-hydroxylation sites is 1. The molecule has 0 radical (unpaired) electrons. The Morgan fingerprint density at radius 3 is 2.93 bits per heavy atom. The lowest BCUT2D eigenvalue weighted by Gasteiger charge is -2.22. The van der Waals surface area contributed by atoms with E-state index in [1.165, 1.54) is 0 Å². The van der Waals surface area contributed by atoms with Crippen molar-refractivity contribution in [2.45, 2.75) is 6.10 Å². The average Bonchev–Trinajstić information content (AvgIpc) is 2.30. The van der Waals surface area contributed by atoms with Gasteiger partial charge in [0.15, 0.2) is 5.78 Å². The molecule has 0 aliphatic carbocycles. The summed E-state index contributed by atoms with van der Waals surface area (Å²) in [6.07, 6.45) is -0.400. The number of anilines is 1. The first-order chi connectivity index (χ1) is 7.29. The van der Waals surface area contributed by atoms with Gasteiger partial charge in [-0.1, -0.05) is 12.1 Å². The van der Waals surface area contributed by atoms with Gasteiger partial charge in [-0.3, -0.25) is 4.79 Å². The van der Waals surface area contributed by atoms with Crippen molar-refractivity contribution < 1.29 is 9.53 Å². The Kier molecular flexibility index (Phi) is 2.99. The first kappa shape index (κ1) is 10.1. The summed E-state index contributed by atoms with van der Waals surface area (Å²) in [5, 5.41) is 3.12.